The van der Waals surface area contributed by atoms with Crippen LogP contribution in [0.15, 0.2) is 36.5 Å². The first-order chi connectivity index (χ1) is 12.4. The number of nitrogens with one attached hydrogen (secondary N) is 1. The van der Waals surface area contributed by atoms with Crippen LogP contribution < -0.4 is 15.8 Å². The van der Waals surface area contributed by atoms with Gasteiger partial charge in [0.1, 0.15) is 23.1 Å². The second-order valence-corrected chi connectivity index (χ2v) is 6.21. The first kappa shape index (κ1) is 18.0. The fourth-order valence-corrected chi connectivity index (χ4v) is 2.95. The number of carbonyl (C=O) groups excluding carboxylic acids is 1. The first-order valence-corrected chi connectivity index (χ1v) is 8.25. The van der Waals surface area contributed by atoms with Crippen molar-refractivity contribution in [3.8, 4) is 16.9 Å². The summed E-state index contributed by atoms with van der Waals surface area (Å²) in [7, 11) is 3.17. The van der Waals surface area contributed by atoms with Crippen LogP contribution in [0.4, 0.5) is 11.6 Å². The molecule has 0 spiro atoms. The number of nitrogens with two attached hydrogens (primary N) is 1. The lowest BCUT2D eigenvalue weighted by atomic mass is 10.1. The van der Waals surface area contributed by atoms with Crippen LogP contribution in [0, 0.1) is 0 Å². The third kappa shape index (κ3) is 3.44. The van der Waals surface area contributed by atoms with E-state index in [0.29, 0.717) is 38.4 Å². The van der Waals surface area contributed by atoms with Gasteiger partial charge in [0.2, 0.25) is 0 Å². The van der Waals surface area contributed by atoms with Crippen molar-refractivity contribution in [3.63, 3.8) is 0 Å². The Labute approximate surface area is 159 Å². The molecule has 2 aromatic heterocycles. The number of nitrogens with zero attached hydrogens (tertiary/aromatic N) is 3. The molecule has 0 aliphatic carbocycles. The van der Waals surface area contributed by atoms with Crippen molar-refractivity contribution in [2.75, 3.05) is 18.2 Å². The number of aromatic nitrogens is 3. The lowest BCUT2D eigenvalue weighted by Gasteiger charge is -2.13. The highest BCUT2D eigenvalue weighted by Crippen LogP contribution is 2.40. The Kier molecular flexibility index (Phi) is 5.01. The number of nitrogen functional groups attached to an aromatic ring is 1. The van der Waals surface area contributed by atoms with Gasteiger partial charge in [-0.05, 0) is 24.3 Å². The number of carbonyl (C=O) groups is 1. The standard InChI is InChI=1S/C17H15Cl2N5O2/c1-24-12(5-6-21-24)17(25)23-14-4-3-10(16(20)22-14)11-7-9(18)8-13(26-2)15(11)19/h3-8H,1-2H3,(H3,20,22,23,25). The molecule has 0 saturated carbocycles. The third-order valence-corrected chi connectivity index (χ3v) is 4.34. The van der Waals surface area contributed by atoms with Gasteiger partial charge in [-0.25, -0.2) is 4.98 Å². The van der Waals surface area contributed by atoms with Crippen LogP contribution >= 0.6 is 23.2 Å². The van der Waals surface area contributed by atoms with E-state index >= 15 is 0 Å². The monoisotopic (exact) mass is 391 g/mol. The van der Waals surface area contributed by atoms with Crippen LogP contribution in [0.1, 0.15) is 10.5 Å². The fourth-order valence-electron chi connectivity index (χ4n) is 2.46. The molecule has 0 aliphatic heterocycles. The maximum absolute atomic E-state index is 12.2. The third-order valence-electron chi connectivity index (χ3n) is 3.73. The molecule has 0 aliphatic rings. The van der Waals surface area contributed by atoms with Crippen LogP contribution in [0.5, 0.6) is 5.75 Å². The second kappa shape index (κ2) is 7.23. The maximum atomic E-state index is 12.2. The summed E-state index contributed by atoms with van der Waals surface area (Å²) in [4.78, 5) is 16.5. The van der Waals surface area contributed by atoms with Gasteiger partial charge < -0.3 is 15.8 Å². The molecule has 2 heterocycles. The number of rotatable bonds is 4. The molecule has 7 nitrogen and oxygen atoms in total. The molecule has 0 atom stereocenters. The lowest BCUT2D eigenvalue weighted by molar-refractivity contribution is 0.101. The molecular weight excluding hydrogens is 377 g/mol. The first-order valence-electron chi connectivity index (χ1n) is 7.50. The summed E-state index contributed by atoms with van der Waals surface area (Å²) >= 11 is 12.5. The molecule has 26 heavy (non-hydrogen) atoms. The van der Waals surface area contributed by atoms with E-state index in [4.69, 9.17) is 33.7 Å². The molecular formula is C17H15Cl2N5O2. The molecule has 1 amide bonds. The summed E-state index contributed by atoms with van der Waals surface area (Å²) in [5, 5.41) is 7.46. The summed E-state index contributed by atoms with van der Waals surface area (Å²) in [6.45, 7) is 0. The average molecular weight is 392 g/mol. The lowest BCUT2D eigenvalue weighted by Crippen LogP contribution is -2.17. The Bertz CT molecular complexity index is 987. The van der Waals surface area contributed by atoms with Gasteiger partial charge in [-0.15, -0.1) is 0 Å². The van der Waals surface area contributed by atoms with E-state index in [1.807, 2.05) is 0 Å². The molecule has 134 valence electrons. The molecule has 0 radical (unpaired) electrons. The molecule has 0 fully saturated rings. The molecule has 1 aromatic carbocycles. The zero-order chi connectivity index (χ0) is 18.8. The van der Waals surface area contributed by atoms with Crippen molar-refractivity contribution >= 4 is 40.7 Å². The van der Waals surface area contributed by atoms with E-state index < -0.39 is 0 Å². The van der Waals surface area contributed by atoms with E-state index in [-0.39, 0.29) is 11.7 Å². The SMILES string of the molecule is COc1cc(Cl)cc(-c2ccc(NC(=O)c3ccnn3C)nc2N)c1Cl. The quantitative estimate of drug-likeness (QED) is 0.707. The Morgan fingerprint density at radius 1 is 1.23 bits per heavy atom. The Morgan fingerprint density at radius 3 is 2.62 bits per heavy atom. The molecule has 3 rings (SSSR count). The van der Waals surface area contributed by atoms with Crippen molar-refractivity contribution in [1.82, 2.24) is 14.8 Å². The predicted octanol–water partition coefficient (Wildman–Crippen LogP) is 3.63. The van der Waals surface area contributed by atoms with Gasteiger partial charge in [0.05, 0.1) is 12.1 Å². The van der Waals surface area contributed by atoms with Crippen molar-refractivity contribution in [2.24, 2.45) is 7.05 Å². The van der Waals surface area contributed by atoms with Gasteiger partial charge in [-0.3, -0.25) is 9.48 Å². The van der Waals surface area contributed by atoms with Crippen LogP contribution in [0.2, 0.25) is 10.0 Å². The number of benzene rings is 1. The Morgan fingerprint density at radius 2 is 2.00 bits per heavy atom. The summed E-state index contributed by atoms with van der Waals surface area (Å²) < 4.78 is 6.68. The molecule has 9 heteroatoms. The molecule has 3 N–H and O–H groups in total. The van der Waals surface area contributed by atoms with Gasteiger partial charge in [-0.1, -0.05) is 23.2 Å². The van der Waals surface area contributed by atoms with Gasteiger partial charge in [-0.2, -0.15) is 5.10 Å². The summed E-state index contributed by atoms with van der Waals surface area (Å²) in [6.07, 6.45) is 1.54. The van der Waals surface area contributed by atoms with Gasteiger partial charge >= 0.3 is 0 Å². The van der Waals surface area contributed by atoms with Crippen LogP contribution in [0.3, 0.4) is 0 Å². The summed E-state index contributed by atoms with van der Waals surface area (Å²) in [5.74, 6) is 0.593. The fraction of sp³-hybridized carbons (Fsp3) is 0.118. The minimum absolute atomic E-state index is 0.194. The number of aryl methyl sites for hydroxylation is 1. The molecule has 0 saturated heterocycles. The highest BCUT2D eigenvalue weighted by Gasteiger charge is 2.16. The maximum Gasteiger partial charge on any atom is 0.275 e. The van der Waals surface area contributed by atoms with E-state index in [2.05, 4.69) is 15.4 Å². The largest absolute Gasteiger partial charge is 0.495 e. The smallest absolute Gasteiger partial charge is 0.275 e. The minimum Gasteiger partial charge on any atom is -0.495 e. The predicted molar refractivity (Wildman–Crippen MR) is 102 cm³/mol. The number of amides is 1. The number of halogens is 2. The van der Waals surface area contributed by atoms with Gasteiger partial charge in [0.25, 0.3) is 5.91 Å². The number of hydrogen-bond donors (Lipinski definition) is 2. The van der Waals surface area contributed by atoms with E-state index in [1.54, 1.807) is 37.4 Å². The second-order valence-electron chi connectivity index (χ2n) is 5.39. The molecule has 0 unspecified atom stereocenters. The highest BCUT2D eigenvalue weighted by molar-refractivity contribution is 6.37. The zero-order valence-corrected chi connectivity index (χ0v) is 15.5. The minimum atomic E-state index is -0.341. The number of hydrogen-bond acceptors (Lipinski definition) is 5. The van der Waals surface area contributed by atoms with E-state index in [9.17, 15) is 4.79 Å². The van der Waals surface area contributed by atoms with E-state index in [0.717, 1.165) is 0 Å². The van der Waals surface area contributed by atoms with Crippen LogP contribution in [-0.4, -0.2) is 27.8 Å². The number of methoxy groups -OCH3 is 1. The van der Waals surface area contributed by atoms with Crippen molar-refractivity contribution in [3.05, 3.63) is 52.3 Å². The summed E-state index contributed by atoms with van der Waals surface area (Å²) in [5.41, 5.74) is 7.63. The van der Waals surface area contributed by atoms with Gasteiger partial charge in [0.15, 0.2) is 0 Å². The average Bonchev–Trinajstić information content (AvgIpc) is 3.03. The number of anilines is 2. The zero-order valence-electron chi connectivity index (χ0n) is 14.0. The van der Waals surface area contributed by atoms with Crippen molar-refractivity contribution in [1.29, 1.82) is 0 Å². The van der Waals surface area contributed by atoms with E-state index in [1.165, 1.54) is 18.0 Å². The van der Waals surface area contributed by atoms with Crippen LogP contribution in [0.25, 0.3) is 11.1 Å². The molecule has 3 aromatic rings. The Hall–Kier alpha value is -2.77. The van der Waals surface area contributed by atoms with Crippen molar-refractivity contribution < 1.29 is 9.53 Å². The highest BCUT2D eigenvalue weighted by atomic mass is 35.5. The van der Waals surface area contributed by atoms with Crippen LogP contribution in [-0.2, 0) is 7.05 Å². The van der Waals surface area contributed by atoms with Crippen molar-refractivity contribution in [2.45, 2.75) is 0 Å². The number of pyridine rings is 1. The summed E-state index contributed by atoms with van der Waals surface area (Å²) in [6, 6.07) is 8.22. The van der Waals surface area contributed by atoms with Gasteiger partial charge in [0, 0.05) is 35.5 Å². The molecule has 0 bridgehead atoms. The number of ether oxygens (including phenoxy) is 1. The Balaban J connectivity index is 1.93. The normalized spacial score (nSPS) is 10.6. The topological polar surface area (TPSA) is 95.1 Å².